The van der Waals surface area contributed by atoms with Gasteiger partial charge in [0.15, 0.2) is 0 Å². The number of rotatable bonds is 12. The molecular formula is C35H42O5. The van der Waals surface area contributed by atoms with Gasteiger partial charge in [-0.1, -0.05) is 68.8 Å². The van der Waals surface area contributed by atoms with E-state index in [0.29, 0.717) is 30.1 Å². The van der Waals surface area contributed by atoms with Gasteiger partial charge in [0.25, 0.3) is 0 Å². The maximum Gasteiger partial charge on any atom is 0.338 e. The Morgan fingerprint density at radius 1 is 0.900 bits per heavy atom. The van der Waals surface area contributed by atoms with Gasteiger partial charge in [0.05, 0.1) is 18.3 Å². The summed E-state index contributed by atoms with van der Waals surface area (Å²) in [5.74, 6) is 4.25. The first-order valence-corrected chi connectivity index (χ1v) is 15.3. The summed E-state index contributed by atoms with van der Waals surface area (Å²) in [5.41, 5.74) is 1.87. The summed E-state index contributed by atoms with van der Waals surface area (Å²) in [5, 5.41) is 1.91. The van der Waals surface area contributed by atoms with Crippen LogP contribution in [0.25, 0.3) is 10.8 Å². The molecule has 5 heteroatoms. The summed E-state index contributed by atoms with van der Waals surface area (Å²) in [4.78, 5) is 12.8. The van der Waals surface area contributed by atoms with Crippen molar-refractivity contribution in [3.05, 3.63) is 77.9 Å². The van der Waals surface area contributed by atoms with Crippen LogP contribution < -0.4 is 4.74 Å². The van der Waals surface area contributed by atoms with Crippen molar-refractivity contribution in [2.75, 3.05) is 19.8 Å². The molecule has 3 fully saturated rings. The molecule has 0 saturated heterocycles. The topological polar surface area (TPSA) is 54.0 Å². The number of carbonyl (C=O) groups is 1. The third kappa shape index (κ3) is 5.77. The van der Waals surface area contributed by atoms with E-state index in [1.165, 1.54) is 37.7 Å². The molecule has 3 saturated carbocycles. The van der Waals surface area contributed by atoms with E-state index in [-0.39, 0.29) is 19.2 Å². The molecule has 3 aromatic carbocycles. The number of hydrogen-bond donors (Lipinski definition) is 0. The maximum atomic E-state index is 12.8. The Hall–Kier alpha value is -2.89. The summed E-state index contributed by atoms with van der Waals surface area (Å²) >= 11 is 0. The first-order chi connectivity index (χ1) is 19.6. The molecule has 0 radical (unpaired) electrons. The smallest absolute Gasteiger partial charge is 0.338 e. The molecule has 40 heavy (non-hydrogen) atoms. The zero-order chi connectivity index (χ0) is 27.5. The van der Waals surface area contributed by atoms with Gasteiger partial charge >= 0.3 is 5.97 Å². The SMILES string of the molecule is CCC(C)c1ccc(OC(COC2CC3CC2C2CCCC32)OCCOC(=O)c2cccc3ccccc23)cc1. The minimum atomic E-state index is -0.566. The predicted molar refractivity (Wildman–Crippen MR) is 157 cm³/mol. The Labute approximate surface area is 238 Å². The molecule has 7 atom stereocenters. The average molecular weight is 543 g/mol. The van der Waals surface area contributed by atoms with E-state index in [9.17, 15) is 4.79 Å². The Morgan fingerprint density at radius 2 is 1.70 bits per heavy atom. The lowest BCUT2D eigenvalue weighted by Crippen LogP contribution is -2.35. The average Bonchev–Trinajstić information content (AvgIpc) is 3.72. The molecule has 0 heterocycles. The highest BCUT2D eigenvalue weighted by molar-refractivity contribution is 6.04. The van der Waals surface area contributed by atoms with E-state index in [4.69, 9.17) is 18.9 Å². The third-order valence-corrected chi connectivity index (χ3v) is 9.77. The summed E-state index contributed by atoms with van der Waals surface area (Å²) in [7, 11) is 0. The number of hydrogen-bond acceptors (Lipinski definition) is 5. The minimum absolute atomic E-state index is 0.146. The van der Waals surface area contributed by atoms with Crippen LogP contribution in [0, 0.1) is 23.7 Å². The van der Waals surface area contributed by atoms with E-state index in [1.54, 1.807) is 6.07 Å². The van der Waals surface area contributed by atoms with Gasteiger partial charge in [-0.2, -0.15) is 0 Å². The van der Waals surface area contributed by atoms with Crippen molar-refractivity contribution in [2.24, 2.45) is 23.7 Å². The van der Waals surface area contributed by atoms with Gasteiger partial charge in [-0.15, -0.1) is 0 Å². The normalized spacial score (nSPS) is 26.5. The first kappa shape index (κ1) is 27.3. The van der Waals surface area contributed by atoms with Gasteiger partial charge in [-0.25, -0.2) is 4.79 Å². The van der Waals surface area contributed by atoms with E-state index >= 15 is 0 Å². The van der Waals surface area contributed by atoms with E-state index in [2.05, 4.69) is 26.0 Å². The molecule has 3 aliphatic rings. The second kappa shape index (κ2) is 12.3. The van der Waals surface area contributed by atoms with Crippen LogP contribution in [0.15, 0.2) is 66.7 Å². The predicted octanol–water partition coefficient (Wildman–Crippen LogP) is 7.77. The largest absolute Gasteiger partial charge is 0.462 e. The molecule has 6 rings (SSSR count). The lowest BCUT2D eigenvalue weighted by Gasteiger charge is -2.32. The molecule has 5 nitrogen and oxygen atoms in total. The number of esters is 1. The van der Waals surface area contributed by atoms with Crippen LogP contribution in [0.1, 0.15) is 74.2 Å². The number of fused-ring (bicyclic) bond motifs is 6. The van der Waals surface area contributed by atoms with Crippen molar-refractivity contribution in [2.45, 2.75) is 70.7 Å². The van der Waals surface area contributed by atoms with Crippen molar-refractivity contribution in [1.29, 1.82) is 0 Å². The van der Waals surface area contributed by atoms with Crippen LogP contribution in [0.3, 0.4) is 0 Å². The van der Waals surface area contributed by atoms with Gasteiger partial charge in [0.2, 0.25) is 6.29 Å². The highest BCUT2D eigenvalue weighted by Gasteiger charge is 2.54. The quantitative estimate of drug-likeness (QED) is 0.133. The fraction of sp³-hybridized carbons (Fsp3) is 0.514. The Balaban J connectivity index is 1.06. The van der Waals surface area contributed by atoms with Crippen molar-refractivity contribution < 1.29 is 23.7 Å². The van der Waals surface area contributed by atoms with Crippen molar-refractivity contribution in [3.63, 3.8) is 0 Å². The number of ether oxygens (including phenoxy) is 4. The molecule has 0 aromatic heterocycles. The molecule has 0 amide bonds. The Bertz CT molecular complexity index is 1280. The molecule has 212 valence electrons. The lowest BCUT2D eigenvalue weighted by molar-refractivity contribution is -0.148. The van der Waals surface area contributed by atoms with Crippen LogP contribution in [-0.4, -0.2) is 38.2 Å². The second-order valence-corrected chi connectivity index (χ2v) is 12.0. The zero-order valence-electron chi connectivity index (χ0n) is 23.8. The maximum absolute atomic E-state index is 12.8. The third-order valence-electron chi connectivity index (χ3n) is 9.77. The summed E-state index contributed by atoms with van der Waals surface area (Å²) in [6.45, 7) is 5.19. The van der Waals surface area contributed by atoms with E-state index < -0.39 is 6.29 Å². The van der Waals surface area contributed by atoms with Crippen molar-refractivity contribution in [1.82, 2.24) is 0 Å². The number of benzene rings is 3. The van der Waals surface area contributed by atoms with Gasteiger partial charge in [0.1, 0.15) is 19.0 Å². The van der Waals surface area contributed by atoms with Crippen LogP contribution in [-0.2, 0) is 14.2 Å². The molecule has 0 spiro atoms. The molecule has 7 unspecified atom stereocenters. The highest BCUT2D eigenvalue weighted by atomic mass is 16.7. The van der Waals surface area contributed by atoms with Crippen LogP contribution >= 0.6 is 0 Å². The molecule has 2 bridgehead atoms. The highest BCUT2D eigenvalue weighted by Crippen LogP contribution is 2.59. The fourth-order valence-electron chi connectivity index (χ4n) is 7.57. The molecular weight excluding hydrogens is 500 g/mol. The Morgan fingerprint density at radius 3 is 2.55 bits per heavy atom. The molecule has 3 aliphatic carbocycles. The van der Waals surface area contributed by atoms with Gasteiger partial charge in [0, 0.05) is 0 Å². The van der Waals surface area contributed by atoms with E-state index in [1.807, 2.05) is 48.5 Å². The van der Waals surface area contributed by atoms with Gasteiger partial charge in [-0.05, 0) is 96.2 Å². The van der Waals surface area contributed by atoms with Crippen LogP contribution in [0.2, 0.25) is 0 Å². The van der Waals surface area contributed by atoms with Crippen LogP contribution in [0.5, 0.6) is 5.75 Å². The first-order valence-electron chi connectivity index (χ1n) is 15.3. The zero-order valence-corrected chi connectivity index (χ0v) is 23.8. The molecule has 0 N–H and O–H groups in total. The minimum Gasteiger partial charge on any atom is -0.462 e. The van der Waals surface area contributed by atoms with Crippen molar-refractivity contribution in [3.8, 4) is 5.75 Å². The van der Waals surface area contributed by atoms with E-state index in [0.717, 1.165) is 40.7 Å². The summed E-state index contributed by atoms with van der Waals surface area (Å²) in [6, 6.07) is 21.8. The van der Waals surface area contributed by atoms with Crippen LogP contribution in [0.4, 0.5) is 0 Å². The Kier molecular flexibility index (Phi) is 8.40. The standard InChI is InChI=1S/C35H42O5/c1-3-23(2)24-14-16-27(17-15-24)40-34(22-39-33-21-26-20-32(33)30-12-7-11-29(26)30)37-18-19-38-35(36)31-13-6-9-25-8-4-5-10-28(25)31/h4-6,8-10,13-17,23,26,29-30,32-34H,3,7,11-12,18-22H2,1-2H3. The number of carbonyl (C=O) groups excluding carboxylic acids is 1. The van der Waals surface area contributed by atoms with Gasteiger partial charge < -0.3 is 18.9 Å². The summed E-state index contributed by atoms with van der Waals surface area (Å²) in [6.07, 6.45) is 7.50. The molecule has 0 aliphatic heterocycles. The van der Waals surface area contributed by atoms with Gasteiger partial charge in [-0.3, -0.25) is 0 Å². The van der Waals surface area contributed by atoms with Crippen molar-refractivity contribution >= 4 is 16.7 Å². The lowest BCUT2D eigenvalue weighted by atomic mass is 9.80. The second-order valence-electron chi connectivity index (χ2n) is 12.0. The summed E-state index contributed by atoms with van der Waals surface area (Å²) < 4.78 is 24.5. The fourth-order valence-corrected chi connectivity index (χ4v) is 7.57. The monoisotopic (exact) mass is 542 g/mol. The molecule has 3 aromatic rings.